The first-order valence-electron chi connectivity index (χ1n) is 6.07. The van der Waals surface area contributed by atoms with Gasteiger partial charge in [0.2, 0.25) is 0 Å². The predicted octanol–water partition coefficient (Wildman–Crippen LogP) is 5.35. The Morgan fingerprint density at radius 3 is 2.70 bits per heavy atom. The molecule has 0 bridgehead atoms. The minimum atomic E-state index is -0.372. The lowest BCUT2D eigenvalue weighted by Gasteiger charge is -2.19. The topological polar surface area (TPSA) is 12.0 Å². The van der Waals surface area contributed by atoms with Crippen LogP contribution in [0.4, 0.5) is 4.39 Å². The molecule has 2 aromatic rings. The van der Waals surface area contributed by atoms with E-state index in [1.165, 1.54) is 15.2 Å². The minimum absolute atomic E-state index is 0.125. The zero-order valence-electron chi connectivity index (χ0n) is 10.8. The summed E-state index contributed by atoms with van der Waals surface area (Å²) in [5.74, 6) is -0.372. The van der Waals surface area contributed by atoms with E-state index in [4.69, 9.17) is 11.6 Å². The van der Waals surface area contributed by atoms with E-state index in [1.54, 1.807) is 6.07 Å². The van der Waals surface area contributed by atoms with Crippen molar-refractivity contribution in [1.82, 2.24) is 5.32 Å². The summed E-state index contributed by atoms with van der Waals surface area (Å²) in [6, 6.07) is 11.3. The summed E-state index contributed by atoms with van der Waals surface area (Å²) in [5, 5.41) is 3.45. The van der Waals surface area contributed by atoms with Gasteiger partial charge in [0.15, 0.2) is 0 Å². The lowest BCUT2D eigenvalue weighted by atomic mass is 9.99. The Bertz CT molecular complexity index is 621. The fraction of sp³-hybridized carbons (Fsp3) is 0.200. The SMILES string of the molecule is CNC(Cc1ccc(Cl)c(F)c1)c1cc(Br)ccc1I. The van der Waals surface area contributed by atoms with Crippen molar-refractivity contribution in [1.29, 1.82) is 0 Å². The van der Waals surface area contributed by atoms with Crippen molar-refractivity contribution >= 4 is 50.1 Å². The van der Waals surface area contributed by atoms with Crippen LogP contribution < -0.4 is 5.32 Å². The van der Waals surface area contributed by atoms with Crippen LogP contribution in [0.3, 0.4) is 0 Å². The van der Waals surface area contributed by atoms with E-state index in [2.05, 4.69) is 56.0 Å². The Hall–Kier alpha value is -0.170. The van der Waals surface area contributed by atoms with Crippen molar-refractivity contribution in [2.45, 2.75) is 12.5 Å². The molecule has 0 aliphatic rings. The van der Waals surface area contributed by atoms with Gasteiger partial charge < -0.3 is 5.32 Å². The van der Waals surface area contributed by atoms with Crippen molar-refractivity contribution in [3.63, 3.8) is 0 Å². The van der Waals surface area contributed by atoms with Crippen LogP contribution in [0.5, 0.6) is 0 Å². The first-order chi connectivity index (χ1) is 9.51. The van der Waals surface area contributed by atoms with Gasteiger partial charge in [-0.15, -0.1) is 0 Å². The summed E-state index contributed by atoms with van der Waals surface area (Å²) >= 11 is 11.5. The third-order valence-corrected chi connectivity index (χ3v) is 4.89. The Balaban J connectivity index is 2.28. The number of benzene rings is 2. The molecule has 1 unspecified atom stereocenters. The normalized spacial score (nSPS) is 12.4. The molecular formula is C15H13BrClFIN. The minimum Gasteiger partial charge on any atom is -0.313 e. The van der Waals surface area contributed by atoms with Crippen molar-refractivity contribution in [2.24, 2.45) is 0 Å². The monoisotopic (exact) mass is 467 g/mol. The molecule has 0 radical (unpaired) electrons. The average Bonchev–Trinajstić information content (AvgIpc) is 2.43. The maximum Gasteiger partial charge on any atom is 0.142 e. The van der Waals surface area contributed by atoms with E-state index in [-0.39, 0.29) is 16.9 Å². The summed E-state index contributed by atoms with van der Waals surface area (Å²) in [7, 11) is 1.91. The first kappa shape index (κ1) is 16.2. The number of likely N-dealkylation sites (N-methyl/N-ethyl adjacent to an activating group) is 1. The highest BCUT2D eigenvalue weighted by Gasteiger charge is 2.14. The molecule has 0 aliphatic carbocycles. The smallest absolute Gasteiger partial charge is 0.142 e. The van der Waals surface area contributed by atoms with Crippen LogP contribution in [0.1, 0.15) is 17.2 Å². The third kappa shape index (κ3) is 3.93. The van der Waals surface area contributed by atoms with Gasteiger partial charge in [0.25, 0.3) is 0 Å². The van der Waals surface area contributed by atoms with Crippen LogP contribution in [0.2, 0.25) is 5.02 Å². The quantitative estimate of drug-likeness (QED) is 0.597. The second-order valence-electron chi connectivity index (χ2n) is 4.46. The molecule has 1 N–H and O–H groups in total. The van der Waals surface area contributed by atoms with E-state index in [1.807, 2.05) is 19.2 Å². The van der Waals surface area contributed by atoms with Crippen LogP contribution in [-0.2, 0) is 6.42 Å². The summed E-state index contributed by atoms with van der Waals surface area (Å²) < 4.78 is 15.7. The van der Waals surface area contributed by atoms with E-state index in [9.17, 15) is 4.39 Å². The first-order valence-corrected chi connectivity index (χ1v) is 8.32. The van der Waals surface area contributed by atoms with Crippen LogP contribution in [0, 0.1) is 9.39 Å². The standard InChI is InChI=1S/C15H13BrClFIN/c1-20-15(11-8-10(16)3-5-14(11)19)7-9-2-4-12(17)13(18)6-9/h2-6,8,15,20H,7H2,1H3. The van der Waals surface area contributed by atoms with Gasteiger partial charge in [-0.2, -0.15) is 0 Å². The molecule has 0 aromatic heterocycles. The molecule has 0 saturated heterocycles. The van der Waals surface area contributed by atoms with Gasteiger partial charge in [-0.05, 0) is 77.5 Å². The van der Waals surface area contributed by atoms with Crippen LogP contribution in [0.15, 0.2) is 40.9 Å². The second kappa shape index (κ2) is 7.20. The zero-order valence-corrected chi connectivity index (χ0v) is 15.3. The summed E-state index contributed by atoms with van der Waals surface area (Å²) in [5.41, 5.74) is 2.11. The Morgan fingerprint density at radius 2 is 2.05 bits per heavy atom. The number of rotatable bonds is 4. The van der Waals surface area contributed by atoms with Gasteiger partial charge in [0, 0.05) is 14.1 Å². The number of hydrogen-bond donors (Lipinski definition) is 1. The maximum atomic E-state index is 13.5. The highest BCUT2D eigenvalue weighted by molar-refractivity contribution is 14.1. The van der Waals surface area contributed by atoms with Crippen molar-refractivity contribution in [2.75, 3.05) is 7.05 Å². The zero-order chi connectivity index (χ0) is 14.7. The number of nitrogens with one attached hydrogen (secondary N) is 1. The largest absolute Gasteiger partial charge is 0.313 e. The van der Waals surface area contributed by atoms with Gasteiger partial charge in [-0.25, -0.2) is 4.39 Å². The van der Waals surface area contributed by atoms with Crippen molar-refractivity contribution in [3.8, 4) is 0 Å². The fourth-order valence-corrected chi connectivity index (χ4v) is 3.26. The van der Waals surface area contributed by atoms with Gasteiger partial charge in [-0.3, -0.25) is 0 Å². The van der Waals surface area contributed by atoms with Crippen LogP contribution >= 0.6 is 50.1 Å². The van der Waals surface area contributed by atoms with Crippen LogP contribution in [-0.4, -0.2) is 7.05 Å². The molecule has 1 atom stereocenters. The van der Waals surface area contributed by atoms with Crippen molar-refractivity contribution in [3.05, 3.63) is 66.4 Å². The molecule has 0 heterocycles. The summed E-state index contributed by atoms with van der Waals surface area (Å²) in [6.07, 6.45) is 0.705. The molecule has 20 heavy (non-hydrogen) atoms. The maximum absolute atomic E-state index is 13.5. The van der Waals surface area contributed by atoms with Gasteiger partial charge in [-0.1, -0.05) is 33.6 Å². The molecule has 1 nitrogen and oxygen atoms in total. The molecule has 0 saturated carbocycles. The molecular weight excluding hydrogens is 455 g/mol. The van der Waals surface area contributed by atoms with Gasteiger partial charge in [0.1, 0.15) is 5.82 Å². The predicted molar refractivity (Wildman–Crippen MR) is 93.8 cm³/mol. The van der Waals surface area contributed by atoms with E-state index in [0.717, 1.165) is 10.0 Å². The molecule has 0 aliphatic heterocycles. The highest BCUT2D eigenvalue weighted by atomic mass is 127. The molecule has 0 fully saturated rings. The van der Waals surface area contributed by atoms with Crippen LogP contribution in [0.25, 0.3) is 0 Å². The Labute approximate surface area is 145 Å². The molecule has 5 heteroatoms. The molecule has 2 aromatic carbocycles. The lowest BCUT2D eigenvalue weighted by molar-refractivity contribution is 0.582. The second-order valence-corrected chi connectivity index (χ2v) is 6.94. The fourth-order valence-electron chi connectivity index (χ4n) is 2.05. The summed E-state index contributed by atoms with van der Waals surface area (Å²) in [6.45, 7) is 0. The van der Waals surface area contributed by atoms with E-state index < -0.39 is 0 Å². The van der Waals surface area contributed by atoms with Gasteiger partial charge in [0.05, 0.1) is 5.02 Å². The van der Waals surface area contributed by atoms with E-state index in [0.29, 0.717) is 6.42 Å². The van der Waals surface area contributed by atoms with Gasteiger partial charge >= 0.3 is 0 Å². The Kier molecular flexibility index (Phi) is 5.84. The molecule has 0 amide bonds. The molecule has 106 valence electrons. The van der Waals surface area contributed by atoms with Crippen molar-refractivity contribution < 1.29 is 4.39 Å². The molecule has 2 rings (SSSR count). The lowest BCUT2D eigenvalue weighted by Crippen LogP contribution is -2.20. The Morgan fingerprint density at radius 1 is 1.30 bits per heavy atom. The number of halogens is 4. The summed E-state index contributed by atoms with van der Waals surface area (Å²) in [4.78, 5) is 0. The number of hydrogen-bond acceptors (Lipinski definition) is 1. The van der Waals surface area contributed by atoms with E-state index >= 15 is 0 Å². The molecule has 0 spiro atoms. The average molecular weight is 469 g/mol. The third-order valence-electron chi connectivity index (χ3n) is 3.11. The highest BCUT2D eigenvalue weighted by Crippen LogP contribution is 2.27.